The summed E-state index contributed by atoms with van der Waals surface area (Å²) in [6, 6.07) is 13.5. The van der Waals surface area contributed by atoms with Gasteiger partial charge in [-0.2, -0.15) is 0 Å². The summed E-state index contributed by atoms with van der Waals surface area (Å²) in [7, 11) is 0. The molecule has 1 saturated heterocycles. The summed E-state index contributed by atoms with van der Waals surface area (Å²) in [5.41, 5.74) is 8.48. The van der Waals surface area contributed by atoms with E-state index in [0.717, 1.165) is 29.0 Å². The third kappa shape index (κ3) is 3.69. The van der Waals surface area contributed by atoms with E-state index in [4.69, 9.17) is 28.9 Å². The van der Waals surface area contributed by atoms with Crippen LogP contribution in [0.25, 0.3) is 0 Å². The second-order valence-electron chi connectivity index (χ2n) is 7.89. The van der Waals surface area contributed by atoms with Gasteiger partial charge >= 0.3 is 0 Å². The molecule has 2 aliphatic rings. The highest BCUT2D eigenvalue weighted by atomic mass is 35.5. The third-order valence-corrected chi connectivity index (χ3v) is 8.03. The first kappa shape index (κ1) is 20.7. The number of nitrogens with one attached hydrogen (secondary N) is 2. The van der Waals surface area contributed by atoms with Gasteiger partial charge in [-0.15, -0.1) is 0 Å². The molecule has 3 heterocycles. The monoisotopic (exact) mass is 473 g/mol. The average Bonchev–Trinajstić information content (AvgIpc) is 3.04. The molecule has 31 heavy (non-hydrogen) atoms. The zero-order valence-corrected chi connectivity index (χ0v) is 18.9. The fraction of sp³-hybridized carbons (Fsp3) is 0.273. The molecule has 1 aromatic heterocycles. The fourth-order valence-corrected chi connectivity index (χ4v) is 5.72. The van der Waals surface area contributed by atoms with Gasteiger partial charge in [-0.05, 0) is 36.6 Å². The molecule has 2 aliphatic heterocycles. The second kappa shape index (κ2) is 8.06. The van der Waals surface area contributed by atoms with E-state index in [-0.39, 0.29) is 17.1 Å². The van der Waals surface area contributed by atoms with Gasteiger partial charge in [0.2, 0.25) is 0 Å². The molecule has 4 N–H and O–H groups in total. The molecular formula is C22H21Cl2N5OS. The van der Waals surface area contributed by atoms with E-state index in [2.05, 4.69) is 27.4 Å². The van der Waals surface area contributed by atoms with Crippen LogP contribution < -0.4 is 21.5 Å². The number of halogens is 2. The maximum absolute atomic E-state index is 12.8. The first-order valence-corrected chi connectivity index (χ1v) is 11.6. The van der Waals surface area contributed by atoms with E-state index in [0.29, 0.717) is 34.0 Å². The first-order valence-electron chi connectivity index (χ1n) is 10.1. The Morgan fingerprint density at radius 2 is 1.90 bits per heavy atom. The Balaban J connectivity index is 1.30. The van der Waals surface area contributed by atoms with Crippen molar-refractivity contribution in [2.45, 2.75) is 34.3 Å². The van der Waals surface area contributed by atoms with Gasteiger partial charge in [-0.3, -0.25) is 4.79 Å². The smallest absolute Gasteiger partial charge is 0.291 e. The van der Waals surface area contributed by atoms with Gasteiger partial charge < -0.3 is 20.9 Å². The minimum Gasteiger partial charge on any atom is -0.377 e. The second-order valence-corrected chi connectivity index (χ2v) is 9.76. The number of aromatic amines is 1. The van der Waals surface area contributed by atoms with E-state index < -0.39 is 0 Å². The summed E-state index contributed by atoms with van der Waals surface area (Å²) >= 11 is 13.7. The number of fused-ring (bicyclic) bond motifs is 1. The molecule has 160 valence electrons. The van der Waals surface area contributed by atoms with Crippen LogP contribution in [-0.2, 0) is 0 Å². The van der Waals surface area contributed by atoms with Crippen molar-refractivity contribution in [2.24, 2.45) is 5.73 Å². The number of nitrogens with zero attached hydrogens (tertiary/aromatic N) is 2. The van der Waals surface area contributed by atoms with Crippen LogP contribution >= 0.6 is 35.0 Å². The predicted octanol–water partition coefficient (Wildman–Crippen LogP) is 4.69. The lowest BCUT2D eigenvalue weighted by Crippen LogP contribution is -2.53. The summed E-state index contributed by atoms with van der Waals surface area (Å²) in [5, 5.41) is 5.19. The Labute approximate surface area is 194 Å². The molecule has 6 nitrogen and oxygen atoms in total. The van der Waals surface area contributed by atoms with Crippen molar-refractivity contribution in [2.75, 3.05) is 23.3 Å². The number of aromatic nitrogens is 2. The van der Waals surface area contributed by atoms with Gasteiger partial charge in [0, 0.05) is 23.7 Å². The van der Waals surface area contributed by atoms with Crippen LogP contribution in [0.1, 0.15) is 24.4 Å². The van der Waals surface area contributed by atoms with Gasteiger partial charge in [-0.1, -0.05) is 59.2 Å². The summed E-state index contributed by atoms with van der Waals surface area (Å²) in [6.45, 7) is 1.41. The summed E-state index contributed by atoms with van der Waals surface area (Å²) in [6.07, 6.45) is 3.33. The molecule has 0 amide bonds. The van der Waals surface area contributed by atoms with E-state index in [1.54, 1.807) is 12.3 Å². The molecule has 0 aliphatic carbocycles. The Bertz CT molecular complexity index is 1190. The summed E-state index contributed by atoms with van der Waals surface area (Å²) < 4.78 is 0. The summed E-state index contributed by atoms with van der Waals surface area (Å²) in [4.78, 5) is 22.9. The minimum atomic E-state index is -0.217. The highest BCUT2D eigenvalue weighted by molar-refractivity contribution is 7.99. The number of nitrogens with two attached hydrogens (primary N) is 1. The lowest BCUT2D eigenvalue weighted by Gasteiger charge is -2.42. The van der Waals surface area contributed by atoms with Crippen molar-refractivity contribution < 1.29 is 0 Å². The normalized spacial score (nSPS) is 19.3. The number of benzene rings is 2. The Kier molecular flexibility index (Phi) is 5.38. The maximum atomic E-state index is 12.8. The molecule has 0 radical (unpaired) electrons. The Hall–Kier alpha value is -2.19. The molecule has 9 heteroatoms. The van der Waals surface area contributed by atoms with E-state index in [9.17, 15) is 4.79 Å². The fourth-order valence-electron chi connectivity index (χ4n) is 4.42. The molecule has 0 saturated carbocycles. The molecule has 0 unspecified atom stereocenters. The van der Waals surface area contributed by atoms with E-state index in [1.807, 2.05) is 29.2 Å². The molecule has 2 aromatic carbocycles. The zero-order chi connectivity index (χ0) is 21.6. The lowest BCUT2D eigenvalue weighted by atomic mass is 9.81. The van der Waals surface area contributed by atoms with Crippen molar-refractivity contribution in [1.82, 2.24) is 9.97 Å². The Morgan fingerprint density at radius 1 is 1.13 bits per heavy atom. The lowest BCUT2D eigenvalue weighted by molar-refractivity contribution is 0.322. The Morgan fingerprint density at radius 3 is 2.65 bits per heavy atom. The van der Waals surface area contributed by atoms with Crippen LogP contribution in [0.4, 0.5) is 11.5 Å². The highest BCUT2D eigenvalue weighted by Crippen LogP contribution is 2.45. The number of piperidine rings is 1. The largest absolute Gasteiger partial charge is 0.377 e. The third-order valence-electron chi connectivity index (χ3n) is 6.11. The SMILES string of the molecule is N[C@@H]1c2ccccc2NC12CCN(c1ncc(Sc3cccc(Cl)c3Cl)[nH]c1=O)CC2. The van der Waals surface area contributed by atoms with Crippen molar-refractivity contribution >= 4 is 46.5 Å². The standard InChI is InChI=1S/C22H21Cl2N5OS/c23-14-5-3-7-16(18(14)24)31-17-12-26-20(21(30)27-17)29-10-8-22(9-11-29)19(25)13-4-1-2-6-15(13)28-22/h1-7,12,19,28H,8-11,25H2,(H,27,30)/t19-/m1/s1. The molecule has 5 rings (SSSR count). The molecule has 1 spiro atoms. The van der Waals surface area contributed by atoms with Crippen LogP contribution in [0, 0.1) is 0 Å². The van der Waals surface area contributed by atoms with Gasteiger partial charge in [0.15, 0.2) is 5.82 Å². The number of H-pyrrole nitrogens is 1. The number of anilines is 2. The molecule has 0 bridgehead atoms. The van der Waals surface area contributed by atoms with Crippen LogP contribution in [0.2, 0.25) is 10.0 Å². The van der Waals surface area contributed by atoms with Crippen molar-refractivity contribution in [3.63, 3.8) is 0 Å². The predicted molar refractivity (Wildman–Crippen MR) is 127 cm³/mol. The number of rotatable bonds is 3. The molecular weight excluding hydrogens is 453 g/mol. The molecule has 1 atom stereocenters. The zero-order valence-electron chi connectivity index (χ0n) is 16.6. The van der Waals surface area contributed by atoms with Crippen molar-refractivity contribution in [3.05, 3.63) is 74.6 Å². The van der Waals surface area contributed by atoms with Crippen molar-refractivity contribution in [1.29, 1.82) is 0 Å². The van der Waals surface area contributed by atoms with Gasteiger partial charge in [0.25, 0.3) is 5.56 Å². The minimum absolute atomic E-state index is 0.0571. The topological polar surface area (TPSA) is 87.0 Å². The van der Waals surface area contributed by atoms with Crippen LogP contribution in [0.15, 0.2) is 63.4 Å². The summed E-state index contributed by atoms with van der Waals surface area (Å²) in [5.74, 6) is 0.431. The van der Waals surface area contributed by atoms with E-state index in [1.165, 1.54) is 11.8 Å². The van der Waals surface area contributed by atoms with E-state index >= 15 is 0 Å². The first-order chi connectivity index (χ1) is 15.0. The molecule has 1 fully saturated rings. The molecule has 3 aromatic rings. The van der Waals surface area contributed by atoms with Gasteiger partial charge in [0.05, 0.1) is 32.8 Å². The van der Waals surface area contributed by atoms with Gasteiger partial charge in [-0.25, -0.2) is 4.98 Å². The number of para-hydroxylation sites is 1. The maximum Gasteiger partial charge on any atom is 0.291 e. The number of hydrogen-bond acceptors (Lipinski definition) is 6. The van der Waals surface area contributed by atoms with Crippen LogP contribution in [0.3, 0.4) is 0 Å². The number of hydrogen-bond donors (Lipinski definition) is 3. The average molecular weight is 474 g/mol. The highest BCUT2D eigenvalue weighted by Gasteiger charge is 2.46. The van der Waals surface area contributed by atoms with Crippen LogP contribution in [-0.4, -0.2) is 28.6 Å². The quantitative estimate of drug-likeness (QED) is 0.511. The van der Waals surface area contributed by atoms with Gasteiger partial charge in [0.1, 0.15) is 0 Å². The van der Waals surface area contributed by atoms with Crippen LogP contribution in [0.5, 0.6) is 0 Å². The van der Waals surface area contributed by atoms with Crippen molar-refractivity contribution in [3.8, 4) is 0 Å².